The molecule has 0 bridgehead atoms. The van der Waals surface area contributed by atoms with Crippen LogP contribution in [-0.4, -0.2) is 24.3 Å². The van der Waals surface area contributed by atoms with Crippen LogP contribution in [0.5, 0.6) is 0 Å². The number of rotatable bonds is 3. The van der Waals surface area contributed by atoms with Crippen LogP contribution in [0.4, 0.5) is 0 Å². The van der Waals surface area contributed by atoms with Gasteiger partial charge >= 0.3 is 0 Å². The summed E-state index contributed by atoms with van der Waals surface area (Å²) in [5, 5.41) is 0. The van der Waals surface area contributed by atoms with Gasteiger partial charge < -0.3 is 8.98 Å². The summed E-state index contributed by atoms with van der Waals surface area (Å²) < 4.78 is 22.6. The van der Waals surface area contributed by atoms with Crippen LogP contribution in [0, 0.1) is 0 Å². The minimum absolute atomic E-state index is 0.554. The summed E-state index contributed by atoms with van der Waals surface area (Å²) in [4.78, 5) is 0. The number of hydrogen-bond donors (Lipinski definition) is 1. The van der Waals surface area contributed by atoms with Crippen molar-refractivity contribution in [3.05, 3.63) is 0 Å². The molecule has 1 atom stereocenters. The lowest BCUT2D eigenvalue weighted by atomic mass is 10.9. The Kier molecular flexibility index (Phi) is 4.63. The predicted octanol–water partition coefficient (Wildman–Crippen LogP) is -0.757. The van der Waals surface area contributed by atoms with Crippen molar-refractivity contribution in [1.82, 2.24) is 0 Å². The quantitative estimate of drug-likeness (QED) is 0.414. The molecular weight excluding hydrogens is 132 g/mol. The zero-order chi connectivity index (χ0) is 5.70. The molecule has 0 amide bonds. The molecule has 0 spiro atoms. The number of hydrogen-bond acceptors (Lipinski definition) is 2. The van der Waals surface area contributed by atoms with Gasteiger partial charge in [-0.2, -0.15) is 0 Å². The Balaban J connectivity index is 2.82. The Hall–Kier alpha value is 0.287. The molecule has 0 aromatic carbocycles. The fourth-order valence-electron chi connectivity index (χ4n) is 0.155. The third-order valence-corrected chi connectivity index (χ3v) is 2.27. The van der Waals surface area contributed by atoms with Crippen molar-refractivity contribution in [2.24, 2.45) is 0 Å². The Morgan fingerprint density at radius 1 is 2.00 bits per heavy atom. The molecule has 0 radical (unpaired) electrons. The van der Waals surface area contributed by atoms with Crippen LogP contribution < -0.4 is 0 Å². The largest absolute Gasteiger partial charge is 0.408 e. The molecule has 0 aromatic heterocycles. The molecule has 5 heteroatoms. The Bertz CT molecular complexity index is 66.0. The zero-order valence-corrected chi connectivity index (χ0v) is 6.32. The molecule has 0 saturated carbocycles. The van der Waals surface area contributed by atoms with E-state index in [0.717, 1.165) is 0 Å². The van der Waals surface area contributed by atoms with Gasteiger partial charge in [-0.3, -0.25) is 0 Å². The van der Waals surface area contributed by atoms with Crippen molar-refractivity contribution in [3.63, 3.8) is 0 Å². The molecule has 3 nitrogen and oxygen atoms in total. The van der Waals surface area contributed by atoms with Crippen LogP contribution >= 0.6 is 0 Å². The summed E-state index contributed by atoms with van der Waals surface area (Å²) in [7, 11) is -2.77. The first-order valence-corrected chi connectivity index (χ1v) is 5.51. The molecule has 0 rings (SSSR count). The van der Waals surface area contributed by atoms with E-state index >= 15 is 0 Å². The maximum atomic E-state index is 9.81. The second-order valence-electron chi connectivity index (χ2n) is 0.932. The van der Waals surface area contributed by atoms with Crippen molar-refractivity contribution in [2.45, 2.75) is 6.92 Å². The van der Waals surface area contributed by atoms with Crippen LogP contribution in [0.25, 0.3) is 0 Å². The van der Waals surface area contributed by atoms with E-state index in [1.54, 1.807) is 6.92 Å². The van der Waals surface area contributed by atoms with Crippen molar-refractivity contribution < 1.29 is 13.2 Å². The molecular formula is C2H8O3SSi. The smallest absolute Gasteiger partial charge is 0.294 e. The first-order chi connectivity index (χ1) is 3.27. The van der Waals surface area contributed by atoms with Gasteiger partial charge in [-0.1, -0.05) is 0 Å². The molecule has 1 N–H and O–H groups in total. The summed E-state index contributed by atoms with van der Waals surface area (Å²) in [6.45, 7) is 2.36. The van der Waals surface area contributed by atoms with Crippen LogP contribution in [0.15, 0.2) is 0 Å². The van der Waals surface area contributed by atoms with Gasteiger partial charge in [0.1, 0.15) is 10.5 Å². The highest BCUT2D eigenvalue weighted by atomic mass is 32.4. The molecule has 0 aliphatic rings. The normalized spacial score (nSPS) is 15.7. The summed E-state index contributed by atoms with van der Waals surface area (Å²) in [5.41, 5.74) is 0. The topological polar surface area (TPSA) is 46.5 Å². The first-order valence-electron chi connectivity index (χ1n) is 1.92. The van der Waals surface area contributed by atoms with Gasteiger partial charge in [0, 0.05) is 6.61 Å². The summed E-state index contributed by atoms with van der Waals surface area (Å²) >= 11 is 0. The van der Waals surface area contributed by atoms with Crippen LogP contribution in [0.3, 0.4) is 0 Å². The molecule has 0 heterocycles. The second-order valence-corrected chi connectivity index (χ2v) is 4.41. The summed E-state index contributed by atoms with van der Waals surface area (Å²) in [5.74, 6) is 0. The lowest BCUT2D eigenvalue weighted by molar-refractivity contribution is 0.368. The molecule has 7 heavy (non-hydrogen) atoms. The molecule has 0 aliphatic carbocycles. The van der Waals surface area contributed by atoms with E-state index in [0.29, 0.717) is 6.61 Å². The van der Waals surface area contributed by atoms with Gasteiger partial charge in [0.25, 0.3) is 8.91 Å². The SMILES string of the molecule is CCO[SiH2]S(=O)O. The van der Waals surface area contributed by atoms with Crippen molar-refractivity contribution in [2.75, 3.05) is 6.61 Å². The van der Waals surface area contributed by atoms with Gasteiger partial charge in [-0.05, 0) is 6.92 Å². The van der Waals surface area contributed by atoms with Crippen LogP contribution in [0.1, 0.15) is 6.92 Å². The molecule has 0 saturated heterocycles. The average molecular weight is 140 g/mol. The Labute approximate surface area is 46.9 Å². The van der Waals surface area contributed by atoms with Crippen molar-refractivity contribution in [3.8, 4) is 0 Å². The van der Waals surface area contributed by atoms with Gasteiger partial charge in [0.05, 0.1) is 0 Å². The minimum Gasteiger partial charge on any atom is -0.408 e. The standard InChI is InChI=1S/C2H8O3SSi/c1-2-5-7-6(3)4/h2,7H2,1H3,(H,3,4). The molecule has 1 unspecified atom stereocenters. The summed E-state index contributed by atoms with van der Waals surface area (Å²) in [6, 6.07) is 0. The van der Waals surface area contributed by atoms with E-state index in [4.69, 9.17) is 4.55 Å². The second kappa shape index (κ2) is 4.45. The van der Waals surface area contributed by atoms with Crippen molar-refractivity contribution >= 4 is 19.4 Å². The maximum absolute atomic E-state index is 9.81. The van der Waals surface area contributed by atoms with Crippen LogP contribution in [0.2, 0.25) is 0 Å². The van der Waals surface area contributed by atoms with Crippen molar-refractivity contribution in [1.29, 1.82) is 0 Å². The fraction of sp³-hybridized carbons (Fsp3) is 1.00. The predicted molar refractivity (Wildman–Crippen MR) is 30.9 cm³/mol. The minimum atomic E-state index is -1.65. The van der Waals surface area contributed by atoms with Gasteiger partial charge in [-0.25, -0.2) is 4.21 Å². The molecule has 0 aromatic rings. The molecule has 44 valence electrons. The average Bonchev–Trinajstić information content (AvgIpc) is 1.61. The van der Waals surface area contributed by atoms with Crippen LogP contribution in [-0.2, 0) is 15.0 Å². The highest BCUT2D eigenvalue weighted by Crippen LogP contribution is 1.70. The lowest BCUT2D eigenvalue weighted by Gasteiger charge is -1.90. The highest BCUT2D eigenvalue weighted by Gasteiger charge is 1.89. The maximum Gasteiger partial charge on any atom is 0.294 e. The van der Waals surface area contributed by atoms with E-state index in [9.17, 15) is 4.21 Å². The van der Waals surface area contributed by atoms with Gasteiger partial charge in [0.15, 0.2) is 0 Å². The molecule has 0 fully saturated rings. The monoisotopic (exact) mass is 140 g/mol. The highest BCUT2D eigenvalue weighted by molar-refractivity contribution is 8.04. The first kappa shape index (κ1) is 7.29. The zero-order valence-electron chi connectivity index (χ0n) is 4.09. The van der Waals surface area contributed by atoms with E-state index in [-0.39, 0.29) is 0 Å². The van der Waals surface area contributed by atoms with E-state index < -0.39 is 19.4 Å². The van der Waals surface area contributed by atoms with E-state index in [1.165, 1.54) is 0 Å². The third kappa shape index (κ3) is 6.29. The summed E-state index contributed by atoms with van der Waals surface area (Å²) in [6.07, 6.45) is 0. The van der Waals surface area contributed by atoms with E-state index in [1.807, 2.05) is 0 Å². The third-order valence-electron chi connectivity index (χ3n) is 0.388. The Morgan fingerprint density at radius 3 is 2.71 bits per heavy atom. The molecule has 0 aliphatic heterocycles. The Morgan fingerprint density at radius 2 is 2.57 bits per heavy atom. The lowest BCUT2D eigenvalue weighted by Crippen LogP contribution is -2.04. The van der Waals surface area contributed by atoms with Gasteiger partial charge in [0.2, 0.25) is 0 Å². The van der Waals surface area contributed by atoms with Gasteiger partial charge in [-0.15, -0.1) is 0 Å². The van der Waals surface area contributed by atoms with E-state index in [2.05, 4.69) is 4.43 Å². The fourth-order valence-corrected chi connectivity index (χ4v) is 1.39.